The molecule has 3 rings (SSSR count). The van der Waals surface area contributed by atoms with Crippen molar-refractivity contribution >= 4 is 23.5 Å². The Balaban J connectivity index is 0.000000929. The summed E-state index contributed by atoms with van der Waals surface area (Å²) in [5, 5.41) is 10.1. The number of ether oxygens (including phenoxy) is 4. The van der Waals surface area contributed by atoms with Crippen molar-refractivity contribution in [1.29, 1.82) is 0 Å². The second kappa shape index (κ2) is 25.7. The van der Waals surface area contributed by atoms with Crippen LogP contribution < -0.4 is 66.0 Å². The first-order valence-corrected chi connectivity index (χ1v) is 17.7. The van der Waals surface area contributed by atoms with Crippen LogP contribution in [0.1, 0.15) is 71.9 Å². The van der Waals surface area contributed by atoms with Crippen LogP contribution in [-0.4, -0.2) is 104 Å². The van der Waals surface area contributed by atoms with Gasteiger partial charge in [-0.05, 0) is 68.6 Å². The van der Waals surface area contributed by atoms with Gasteiger partial charge in [0.05, 0.1) is 40.5 Å². The third-order valence-corrected chi connectivity index (χ3v) is 7.63. The number of hydrogen-bond acceptors (Lipinski definition) is 11. The zero-order valence-electron chi connectivity index (χ0n) is 33.6. The molecule has 1 unspecified atom stereocenters. The molecule has 2 aromatic rings. The first-order valence-electron chi connectivity index (χ1n) is 17.7. The van der Waals surface area contributed by atoms with Crippen LogP contribution in [-0.2, 0) is 41.7 Å². The van der Waals surface area contributed by atoms with Crippen LogP contribution in [0.4, 0.5) is 17.6 Å². The molecule has 1 aliphatic rings. The summed E-state index contributed by atoms with van der Waals surface area (Å²) in [4.78, 5) is 49.2. The van der Waals surface area contributed by atoms with E-state index < -0.39 is 54.0 Å². The van der Waals surface area contributed by atoms with Crippen molar-refractivity contribution in [3.8, 4) is 11.5 Å². The molecule has 304 valence electrons. The minimum atomic E-state index is -3.57. The molecule has 1 aliphatic heterocycles. The van der Waals surface area contributed by atoms with Crippen molar-refractivity contribution in [3.63, 3.8) is 0 Å². The summed E-state index contributed by atoms with van der Waals surface area (Å²) in [6.07, 6.45) is 0.560. The van der Waals surface area contributed by atoms with E-state index in [2.05, 4.69) is 0 Å². The third-order valence-electron chi connectivity index (χ3n) is 7.63. The van der Waals surface area contributed by atoms with Crippen molar-refractivity contribution in [3.05, 3.63) is 59.7 Å². The van der Waals surface area contributed by atoms with Crippen LogP contribution in [0.2, 0.25) is 0 Å². The van der Waals surface area contributed by atoms with Crippen molar-refractivity contribution in [2.75, 3.05) is 53.6 Å². The zero-order valence-corrected chi connectivity index (χ0v) is 36.7. The minimum absolute atomic E-state index is 0. The quantitative estimate of drug-likeness (QED) is 0.107. The second-order valence-electron chi connectivity index (χ2n) is 13.6. The Hall–Kier alpha value is -2.44. The number of benzene rings is 2. The van der Waals surface area contributed by atoms with E-state index in [4.69, 9.17) is 18.9 Å². The van der Waals surface area contributed by atoms with E-state index in [0.717, 1.165) is 18.1 Å². The van der Waals surface area contributed by atoms with Gasteiger partial charge in [-0.25, -0.2) is 0 Å². The Morgan fingerprint density at radius 3 is 1.85 bits per heavy atom. The van der Waals surface area contributed by atoms with Gasteiger partial charge in [0.25, 0.3) is 0 Å². The number of hydrogen-bond donors (Lipinski definition) is 0. The van der Waals surface area contributed by atoms with E-state index in [1.165, 1.54) is 9.80 Å². The molecule has 55 heavy (non-hydrogen) atoms. The number of rotatable bonds is 16. The molecular formula is C39H55F4KN2O9. The van der Waals surface area contributed by atoms with Crippen LogP contribution in [0.5, 0.6) is 11.5 Å². The molecule has 1 atom stereocenters. The van der Waals surface area contributed by atoms with Crippen molar-refractivity contribution in [1.82, 2.24) is 9.80 Å². The summed E-state index contributed by atoms with van der Waals surface area (Å²) in [6.45, 7) is 9.01. The van der Waals surface area contributed by atoms with E-state index in [9.17, 15) is 41.8 Å². The molecule has 0 saturated carbocycles. The van der Waals surface area contributed by atoms with Gasteiger partial charge in [0.15, 0.2) is 5.78 Å². The second-order valence-corrected chi connectivity index (χ2v) is 13.6. The van der Waals surface area contributed by atoms with E-state index >= 15 is 0 Å². The molecule has 0 aliphatic carbocycles. The number of likely N-dealkylation sites (tertiary alicyclic amines) is 1. The van der Waals surface area contributed by atoms with E-state index in [0.29, 0.717) is 17.9 Å². The molecule has 0 N–H and O–H groups in total. The van der Waals surface area contributed by atoms with Gasteiger partial charge in [-0.1, -0.05) is 45.0 Å². The van der Waals surface area contributed by atoms with Gasteiger partial charge in [-0.2, -0.15) is 17.6 Å². The number of carbonyl (C=O) groups excluding carboxylic acids is 4. The number of halogens is 4. The molecular weight excluding hydrogens is 756 g/mol. The van der Waals surface area contributed by atoms with Crippen molar-refractivity contribution in [2.24, 2.45) is 5.92 Å². The van der Waals surface area contributed by atoms with Gasteiger partial charge >= 0.3 is 75.2 Å². The first-order chi connectivity index (χ1) is 25.1. The fourth-order valence-electron chi connectivity index (χ4n) is 5.00. The van der Waals surface area contributed by atoms with E-state index in [-0.39, 0.29) is 110 Å². The molecule has 0 amide bonds. The normalized spacial score (nSPS) is 15.5. The van der Waals surface area contributed by atoms with Gasteiger partial charge in [0, 0.05) is 33.0 Å². The minimum Gasteiger partial charge on any atom is -0.850 e. The van der Waals surface area contributed by atoms with Crippen molar-refractivity contribution in [2.45, 2.75) is 91.3 Å². The number of ketones is 2. The standard InChI is InChI=1S/C18H25F2NO4.C17H21F2NO4.C4H9O.K/c1-4-25-17(23)6-5-11-21(13-18(19,20)14(2)22)12-15-7-9-16(24-3)10-8-15;1-3-24-16(22)14-8-9-20(11-17(18,19)15(14)21)10-12-4-6-13(23-2)7-5-12;1-4(2,3)5;/h7-10H,4-6,11-13H2,1-3H3;4-7,14H,3,8-11H2,1-2H3;1-3H3;/q;;-1;+1. The zero-order chi connectivity index (χ0) is 41.1. The smallest absolute Gasteiger partial charge is 0.850 e. The van der Waals surface area contributed by atoms with Gasteiger partial charge in [-0.3, -0.25) is 29.0 Å². The van der Waals surface area contributed by atoms with Gasteiger partial charge in [0.1, 0.15) is 17.4 Å². The summed E-state index contributed by atoms with van der Waals surface area (Å²) in [5.41, 5.74) is 0.893. The molecule has 0 spiro atoms. The Morgan fingerprint density at radius 1 is 0.909 bits per heavy atom. The number of carbonyl (C=O) groups is 4. The Kier molecular flexibility index (Phi) is 24.6. The molecule has 1 heterocycles. The number of esters is 2. The maximum absolute atomic E-state index is 14.2. The fourth-order valence-corrected chi connectivity index (χ4v) is 5.00. The van der Waals surface area contributed by atoms with Crippen LogP contribution in [0.25, 0.3) is 0 Å². The average molecular weight is 811 g/mol. The van der Waals surface area contributed by atoms with Crippen LogP contribution in [0.15, 0.2) is 48.5 Å². The SMILES string of the molecule is CC(C)(C)[O-].CCOC(=O)C1CCN(Cc2ccc(OC)cc2)CC(F)(F)C1=O.CCOC(=O)CCCN(Cc1ccc(OC)cc1)CC(F)(F)C(C)=O.[K+]. The number of alkyl halides is 4. The third kappa shape index (κ3) is 21.6. The molecule has 0 bridgehead atoms. The molecule has 1 saturated heterocycles. The summed E-state index contributed by atoms with van der Waals surface area (Å²) < 4.78 is 75.7. The van der Waals surface area contributed by atoms with E-state index in [1.54, 1.807) is 97.4 Å². The summed E-state index contributed by atoms with van der Waals surface area (Å²) >= 11 is 0. The summed E-state index contributed by atoms with van der Waals surface area (Å²) in [6, 6.07) is 14.1. The van der Waals surface area contributed by atoms with Gasteiger partial charge in [-0.15, -0.1) is 5.60 Å². The Labute approximate surface area is 364 Å². The largest absolute Gasteiger partial charge is 1.00 e. The summed E-state index contributed by atoms with van der Waals surface area (Å²) in [5.74, 6) is -10.8. The number of Topliss-reactive ketones (excluding diaryl/α,β-unsaturated/α-hetero) is 2. The van der Waals surface area contributed by atoms with Gasteiger partial charge < -0.3 is 24.1 Å². The van der Waals surface area contributed by atoms with Crippen LogP contribution >= 0.6 is 0 Å². The maximum Gasteiger partial charge on any atom is 1.00 e. The van der Waals surface area contributed by atoms with E-state index in [1.807, 2.05) is 0 Å². The van der Waals surface area contributed by atoms with Gasteiger partial charge in [0.2, 0.25) is 5.78 Å². The molecule has 11 nitrogen and oxygen atoms in total. The topological polar surface area (TPSA) is 135 Å². The molecule has 0 aromatic heterocycles. The summed E-state index contributed by atoms with van der Waals surface area (Å²) in [7, 11) is 3.09. The molecule has 2 aromatic carbocycles. The predicted molar refractivity (Wildman–Crippen MR) is 192 cm³/mol. The van der Waals surface area contributed by atoms with Crippen molar-refractivity contribution < 1.29 is 112 Å². The Bertz CT molecular complexity index is 1450. The first kappa shape index (κ1) is 52.6. The maximum atomic E-state index is 14.2. The molecule has 1 fully saturated rings. The molecule has 16 heteroatoms. The fraction of sp³-hybridized carbons (Fsp3) is 0.590. The predicted octanol–water partition coefficient (Wildman–Crippen LogP) is 2.50. The average Bonchev–Trinajstić information content (AvgIpc) is 3.19. The van der Waals surface area contributed by atoms with Crippen LogP contribution in [0, 0.1) is 5.92 Å². The Morgan fingerprint density at radius 2 is 1.40 bits per heavy atom. The monoisotopic (exact) mass is 810 g/mol. The molecule has 0 radical (unpaired) electrons. The van der Waals surface area contributed by atoms with Crippen LogP contribution in [0.3, 0.4) is 0 Å². The number of methoxy groups -OCH3 is 2. The number of nitrogens with zero attached hydrogens (tertiary/aromatic N) is 2.